The van der Waals surface area contributed by atoms with Crippen LogP contribution in [0.2, 0.25) is 0 Å². The van der Waals surface area contributed by atoms with Crippen molar-refractivity contribution >= 4 is 21.7 Å². The molecular weight excluding hydrogens is 246 g/mol. The number of rotatable bonds is 1. The molecule has 0 unspecified atom stereocenters. The highest BCUT2D eigenvalue weighted by Gasteiger charge is 2.04. The van der Waals surface area contributed by atoms with Gasteiger partial charge in [0.2, 0.25) is 0 Å². The molecule has 0 fully saturated rings. The summed E-state index contributed by atoms with van der Waals surface area (Å²) in [5.41, 5.74) is 6.48. The van der Waals surface area contributed by atoms with E-state index >= 15 is 0 Å². The molecule has 0 saturated carbocycles. The van der Waals surface area contributed by atoms with Gasteiger partial charge in [0.25, 0.3) is 0 Å². The van der Waals surface area contributed by atoms with Gasteiger partial charge in [-0.05, 0) is 22.9 Å². The van der Waals surface area contributed by atoms with Gasteiger partial charge in [-0.15, -0.1) is 5.10 Å². The fourth-order valence-electron chi connectivity index (χ4n) is 1.05. The highest BCUT2D eigenvalue weighted by atomic mass is 79.9. The Hall–Kier alpha value is -1.43. The van der Waals surface area contributed by atoms with E-state index in [1.807, 2.05) is 13.0 Å². The number of aryl methyl sites for hydroxylation is 1. The molecule has 0 saturated heterocycles. The molecule has 2 heterocycles. The van der Waals surface area contributed by atoms with E-state index in [2.05, 4.69) is 31.0 Å². The van der Waals surface area contributed by atoms with Crippen molar-refractivity contribution in [2.75, 3.05) is 5.73 Å². The second-order valence-electron chi connectivity index (χ2n) is 2.82. The average Bonchev–Trinajstić information content (AvgIpc) is 2.47. The average molecular weight is 254 g/mol. The lowest BCUT2D eigenvalue weighted by Crippen LogP contribution is -2.00. The number of hydrogen-bond acceptors (Lipinski definition) is 4. The van der Waals surface area contributed by atoms with E-state index in [0.717, 1.165) is 10.2 Å². The molecule has 2 N–H and O–H groups in total. The standard InChI is InChI=1S/C8H8BrN5/c1-5-2-7(12-4-11-5)14-3-6(9)8(10)13-14/h2-4H,1H3,(H2,10,13). The van der Waals surface area contributed by atoms with Crippen molar-refractivity contribution in [3.05, 3.63) is 28.8 Å². The van der Waals surface area contributed by atoms with Gasteiger partial charge < -0.3 is 5.73 Å². The Labute approximate surface area is 89.1 Å². The molecule has 0 amide bonds. The minimum atomic E-state index is 0.446. The van der Waals surface area contributed by atoms with Crippen LogP contribution in [0.25, 0.3) is 5.82 Å². The zero-order chi connectivity index (χ0) is 10.1. The van der Waals surface area contributed by atoms with Crippen molar-refractivity contribution in [1.29, 1.82) is 0 Å². The lowest BCUT2D eigenvalue weighted by molar-refractivity contribution is 0.839. The van der Waals surface area contributed by atoms with Gasteiger partial charge in [0.05, 0.1) is 4.47 Å². The van der Waals surface area contributed by atoms with Crippen molar-refractivity contribution in [1.82, 2.24) is 19.7 Å². The van der Waals surface area contributed by atoms with E-state index in [0.29, 0.717) is 11.6 Å². The van der Waals surface area contributed by atoms with Crippen molar-refractivity contribution in [2.24, 2.45) is 0 Å². The summed E-state index contributed by atoms with van der Waals surface area (Å²) < 4.78 is 2.36. The number of nitrogens with two attached hydrogens (primary N) is 1. The van der Waals surface area contributed by atoms with Crippen molar-refractivity contribution in [2.45, 2.75) is 6.92 Å². The summed E-state index contributed by atoms with van der Waals surface area (Å²) >= 11 is 3.28. The van der Waals surface area contributed by atoms with Gasteiger partial charge in [0, 0.05) is 18.0 Å². The van der Waals surface area contributed by atoms with Crippen molar-refractivity contribution in [3.63, 3.8) is 0 Å². The van der Waals surface area contributed by atoms with Crippen LogP contribution in [0.1, 0.15) is 5.69 Å². The number of aromatic nitrogens is 4. The Bertz CT molecular complexity index is 445. The zero-order valence-corrected chi connectivity index (χ0v) is 9.06. The molecule has 0 radical (unpaired) electrons. The summed E-state index contributed by atoms with van der Waals surface area (Å²) in [6, 6.07) is 1.83. The largest absolute Gasteiger partial charge is 0.381 e. The van der Waals surface area contributed by atoms with Gasteiger partial charge in [-0.3, -0.25) is 0 Å². The molecule has 2 rings (SSSR count). The lowest BCUT2D eigenvalue weighted by Gasteiger charge is -1.99. The molecule has 2 aromatic rings. The molecular formula is C8H8BrN5. The third-order valence-electron chi connectivity index (χ3n) is 1.72. The van der Waals surface area contributed by atoms with Gasteiger partial charge in [-0.25, -0.2) is 14.6 Å². The molecule has 6 heteroatoms. The van der Waals surface area contributed by atoms with Gasteiger partial charge in [-0.1, -0.05) is 0 Å². The molecule has 0 bridgehead atoms. The van der Waals surface area contributed by atoms with Crippen LogP contribution in [0.5, 0.6) is 0 Å². The summed E-state index contributed by atoms with van der Waals surface area (Å²) in [6.45, 7) is 1.90. The predicted molar refractivity (Wildman–Crippen MR) is 56.0 cm³/mol. The number of halogens is 1. The van der Waals surface area contributed by atoms with Gasteiger partial charge in [0.15, 0.2) is 11.6 Å². The first-order valence-electron chi connectivity index (χ1n) is 3.96. The second kappa shape index (κ2) is 3.38. The molecule has 0 spiro atoms. The van der Waals surface area contributed by atoms with Crippen molar-refractivity contribution < 1.29 is 0 Å². The topological polar surface area (TPSA) is 69.6 Å². The fourth-order valence-corrected chi connectivity index (χ4v) is 1.32. The Balaban J connectivity index is 2.49. The van der Waals surface area contributed by atoms with Crippen LogP contribution in [0, 0.1) is 6.92 Å². The van der Waals surface area contributed by atoms with E-state index in [4.69, 9.17) is 5.73 Å². The Kier molecular flexibility index (Phi) is 2.20. The van der Waals surface area contributed by atoms with E-state index in [9.17, 15) is 0 Å². The Morgan fingerprint density at radius 3 is 2.79 bits per heavy atom. The number of hydrogen-bond donors (Lipinski definition) is 1. The van der Waals surface area contributed by atoms with E-state index in [1.165, 1.54) is 6.33 Å². The molecule has 0 aliphatic carbocycles. The molecule has 72 valence electrons. The number of nitrogens with zero attached hydrogens (tertiary/aromatic N) is 4. The molecule has 14 heavy (non-hydrogen) atoms. The van der Waals surface area contributed by atoms with Crippen LogP contribution >= 0.6 is 15.9 Å². The maximum Gasteiger partial charge on any atom is 0.160 e. The summed E-state index contributed by atoms with van der Waals surface area (Å²) in [4.78, 5) is 8.08. The molecule has 0 aliphatic rings. The van der Waals surface area contributed by atoms with Crippen molar-refractivity contribution in [3.8, 4) is 5.82 Å². The predicted octanol–water partition coefficient (Wildman–Crippen LogP) is 1.32. The van der Waals surface area contributed by atoms with Gasteiger partial charge in [0.1, 0.15) is 6.33 Å². The smallest absolute Gasteiger partial charge is 0.160 e. The molecule has 5 nitrogen and oxygen atoms in total. The minimum Gasteiger partial charge on any atom is -0.381 e. The highest BCUT2D eigenvalue weighted by molar-refractivity contribution is 9.10. The monoisotopic (exact) mass is 253 g/mol. The van der Waals surface area contributed by atoms with Crippen LogP contribution in [-0.2, 0) is 0 Å². The molecule has 2 aromatic heterocycles. The van der Waals surface area contributed by atoms with E-state index < -0.39 is 0 Å². The first-order valence-corrected chi connectivity index (χ1v) is 4.76. The van der Waals surface area contributed by atoms with Crippen LogP contribution in [0.15, 0.2) is 23.1 Å². The first-order chi connectivity index (χ1) is 6.66. The van der Waals surface area contributed by atoms with Gasteiger partial charge in [-0.2, -0.15) is 0 Å². The summed E-state index contributed by atoms with van der Waals surface area (Å²) in [6.07, 6.45) is 3.26. The van der Waals surface area contributed by atoms with Crippen LogP contribution in [0.3, 0.4) is 0 Å². The molecule has 0 aliphatic heterocycles. The third-order valence-corrected chi connectivity index (χ3v) is 2.33. The quantitative estimate of drug-likeness (QED) is 0.833. The SMILES string of the molecule is Cc1cc(-n2cc(Br)c(N)n2)ncn1. The van der Waals surface area contributed by atoms with E-state index in [1.54, 1.807) is 10.9 Å². The van der Waals surface area contributed by atoms with Crippen LogP contribution < -0.4 is 5.73 Å². The number of anilines is 1. The zero-order valence-electron chi connectivity index (χ0n) is 7.48. The Morgan fingerprint density at radius 2 is 2.21 bits per heavy atom. The van der Waals surface area contributed by atoms with Gasteiger partial charge >= 0.3 is 0 Å². The number of nitrogen functional groups attached to an aromatic ring is 1. The normalized spacial score (nSPS) is 10.4. The maximum atomic E-state index is 5.59. The summed E-state index contributed by atoms with van der Waals surface area (Å²) in [5, 5.41) is 4.08. The Morgan fingerprint density at radius 1 is 1.43 bits per heavy atom. The lowest BCUT2D eigenvalue weighted by atomic mass is 10.4. The molecule has 0 aromatic carbocycles. The fraction of sp³-hybridized carbons (Fsp3) is 0.125. The summed E-state index contributed by atoms with van der Waals surface area (Å²) in [5.74, 6) is 1.15. The highest BCUT2D eigenvalue weighted by Crippen LogP contribution is 2.18. The molecule has 0 atom stereocenters. The van der Waals surface area contributed by atoms with E-state index in [-0.39, 0.29) is 0 Å². The summed E-state index contributed by atoms with van der Waals surface area (Å²) in [7, 11) is 0. The van der Waals surface area contributed by atoms with Crippen LogP contribution in [0.4, 0.5) is 5.82 Å². The minimum absolute atomic E-state index is 0.446. The third kappa shape index (κ3) is 1.60. The van der Waals surface area contributed by atoms with Crippen LogP contribution in [-0.4, -0.2) is 19.7 Å². The first kappa shape index (κ1) is 9.14. The maximum absolute atomic E-state index is 5.59. The second-order valence-corrected chi connectivity index (χ2v) is 3.68.